The summed E-state index contributed by atoms with van der Waals surface area (Å²) in [4.78, 5) is 0. The zero-order valence-electron chi connectivity index (χ0n) is 22.9. The fraction of sp³-hybridized carbons (Fsp3) is 0. The summed E-state index contributed by atoms with van der Waals surface area (Å²) in [5, 5.41) is 0. The lowest BCUT2D eigenvalue weighted by Crippen LogP contribution is -1.83. The minimum atomic E-state index is 1.33. The van der Waals surface area contributed by atoms with Crippen LogP contribution in [0.1, 0.15) is 33.4 Å². The van der Waals surface area contributed by atoms with Gasteiger partial charge in [0, 0.05) is 0 Å². The van der Waals surface area contributed by atoms with Crippen molar-refractivity contribution in [2.45, 2.75) is 0 Å². The van der Waals surface area contributed by atoms with Crippen molar-refractivity contribution >= 4 is 16.7 Å². The highest BCUT2D eigenvalue weighted by Crippen LogP contribution is 2.65. The molecule has 10 rings (SSSR count). The average molecular weight is 529 g/mol. The van der Waals surface area contributed by atoms with Crippen molar-refractivity contribution in [1.29, 1.82) is 0 Å². The molecule has 42 heavy (non-hydrogen) atoms. The first kappa shape index (κ1) is 22.3. The van der Waals surface area contributed by atoms with Crippen molar-refractivity contribution in [3.8, 4) is 33.4 Å². The van der Waals surface area contributed by atoms with Gasteiger partial charge in [0.25, 0.3) is 0 Å². The van der Waals surface area contributed by atoms with Gasteiger partial charge in [0.15, 0.2) is 0 Å². The van der Waals surface area contributed by atoms with Crippen LogP contribution in [0.4, 0.5) is 0 Å². The van der Waals surface area contributed by atoms with Crippen molar-refractivity contribution < 1.29 is 0 Å². The van der Waals surface area contributed by atoms with E-state index in [4.69, 9.17) is 0 Å². The lowest BCUT2D eigenvalue weighted by Gasteiger charge is -2.03. The van der Waals surface area contributed by atoms with Gasteiger partial charge in [-0.3, -0.25) is 0 Å². The van der Waals surface area contributed by atoms with E-state index in [2.05, 4.69) is 146 Å². The molecule has 0 aromatic heterocycles. The lowest BCUT2D eigenvalue weighted by atomic mass is 10.00. The molecule has 192 valence electrons. The quantitative estimate of drug-likeness (QED) is 0.184. The Morgan fingerprint density at radius 1 is 0.143 bits per heavy atom. The number of benzene rings is 6. The molecule has 0 saturated heterocycles. The van der Waals surface area contributed by atoms with Crippen LogP contribution < -0.4 is 0 Å². The number of hydrogen-bond acceptors (Lipinski definition) is 0. The highest BCUT2D eigenvalue weighted by atomic mass is 14.5. The molecule has 0 nitrogen and oxygen atoms in total. The Morgan fingerprint density at radius 2 is 0.286 bits per heavy atom. The fourth-order valence-corrected chi connectivity index (χ4v) is 7.80. The predicted molar refractivity (Wildman–Crippen MR) is 174 cm³/mol. The average Bonchev–Trinajstić information content (AvgIpc) is 3.36. The molecule has 0 spiro atoms. The van der Waals surface area contributed by atoms with Gasteiger partial charge in [-0.15, -0.1) is 0 Å². The van der Waals surface area contributed by atoms with Gasteiger partial charge >= 0.3 is 0 Å². The molecule has 0 N–H and O–H groups in total. The normalized spacial score (nSPS) is 14.9. The number of fused-ring (bicyclic) bond motifs is 9. The second-order valence-electron chi connectivity index (χ2n) is 11.5. The molecule has 0 bridgehead atoms. The van der Waals surface area contributed by atoms with Gasteiger partial charge in [-0.25, -0.2) is 0 Å². The van der Waals surface area contributed by atoms with Crippen LogP contribution in [0.5, 0.6) is 0 Å². The van der Waals surface area contributed by atoms with Crippen molar-refractivity contribution in [2.75, 3.05) is 0 Å². The van der Waals surface area contributed by atoms with E-state index in [1.165, 1.54) is 100 Å². The number of hydrogen-bond donors (Lipinski definition) is 0. The van der Waals surface area contributed by atoms with E-state index < -0.39 is 0 Å². The molecule has 4 aliphatic rings. The van der Waals surface area contributed by atoms with E-state index in [1.807, 2.05) is 0 Å². The Bertz CT molecular complexity index is 1870. The van der Waals surface area contributed by atoms with Crippen molar-refractivity contribution in [1.82, 2.24) is 0 Å². The van der Waals surface area contributed by atoms with Crippen molar-refractivity contribution in [2.24, 2.45) is 0 Å². The number of allylic oxidation sites excluding steroid dienone is 3. The first-order valence-corrected chi connectivity index (χ1v) is 14.7. The van der Waals surface area contributed by atoms with Gasteiger partial charge in [0.05, 0.1) is 0 Å². The SMILES string of the molecule is c1ccc2c(c1)C(=C1C(=C3c4ccccc4-c4ccccc43)C1=C1c3ccccc3-c3ccccc31)c1ccccc1-2. The molecule has 4 aliphatic carbocycles. The molecule has 6 aromatic carbocycles. The summed E-state index contributed by atoms with van der Waals surface area (Å²) in [6.45, 7) is 0. The highest BCUT2D eigenvalue weighted by Gasteiger charge is 2.46. The van der Waals surface area contributed by atoms with Crippen LogP contribution in [0, 0.1) is 0 Å². The minimum absolute atomic E-state index is 1.33. The topological polar surface area (TPSA) is 0 Å². The van der Waals surface area contributed by atoms with E-state index in [0.717, 1.165) is 0 Å². The Hall–Kier alpha value is -5.46. The first-order valence-electron chi connectivity index (χ1n) is 14.7. The van der Waals surface area contributed by atoms with Crippen LogP contribution in [0.15, 0.2) is 162 Å². The molecule has 0 atom stereocenters. The van der Waals surface area contributed by atoms with Crippen LogP contribution in [-0.4, -0.2) is 0 Å². The molecule has 0 aliphatic heterocycles. The van der Waals surface area contributed by atoms with Crippen LogP contribution in [-0.2, 0) is 0 Å². The lowest BCUT2D eigenvalue weighted by molar-refractivity contribution is 1.65. The van der Waals surface area contributed by atoms with E-state index in [0.29, 0.717) is 0 Å². The van der Waals surface area contributed by atoms with Gasteiger partial charge in [-0.2, -0.15) is 0 Å². The Morgan fingerprint density at radius 3 is 0.452 bits per heavy atom. The molecule has 0 amide bonds. The summed E-state index contributed by atoms with van der Waals surface area (Å²) in [6, 6.07) is 53.7. The van der Waals surface area contributed by atoms with E-state index in [-0.39, 0.29) is 0 Å². The molecule has 6 aromatic rings. The van der Waals surface area contributed by atoms with E-state index >= 15 is 0 Å². The van der Waals surface area contributed by atoms with Crippen LogP contribution in [0.3, 0.4) is 0 Å². The highest BCUT2D eigenvalue weighted by molar-refractivity contribution is 6.21. The minimum Gasteiger partial charge on any atom is -0.0616 e. The maximum atomic E-state index is 2.31. The van der Waals surface area contributed by atoms with Crippen LogP contribution in [0.25, 0.3) is 50.1 Å². The van der Waals surface area contributed by atoms with Gasteiger partial charge in [0.1, 0.15) is 0 Å². The predicted octanol–water partition coefficient (Wildman–Crippen LogP) is 10.4. The van der Waals surface area contributed by atoms with Crippen molar-refractivity contribution in [3.63, 3.8) is 0 Å². The molecule has 0 heteroatoms. The zero-order valence-corrected chi connectivity index (χ0v) is 22.9. The summed E-state index contributed by atoms with van der Waals surface area (Å²) in [5.41, 5.74) is 24.3. The van der Waals surface area contributed by atoms with Crippen LogP contribution >= 0.6 is 0 Å². The van der Waals surface area contributed by atoms with E-state index in [9.17, 15) is 0 Å². The zero-order chi connectivity index (χ0) is 27.4. The maximum Gasteiger partial charge on any atom is -0.0000476 e. The third-order valence-electron chi connectivity index (χ3n) is 9.49. The Labute approximate surface area is 245 Å². The molecule has 0 unspecified atom stereocenters. The van der Waals surface area contributed by atoms with Gasteiger partial charge < -0.3 is 0 Å². The van der Waals surface area contributed by atoms with Gasteiger partial charge in [-0.05, 0) is 100 Å². The largest absolute Gasteiger partial charge is 0.0616 e. The summed E-state index contributed by atoms with van der Waals surface area (Å²) in [6.07, 6.45) is 0. The van der Waals surface area contributed by atoms with Crippen LogP contribution in [0.2, 0.25) is 0 Å². The molecule has 1 saturated carbocycles. The molecule has 0 radical (unpaired) electrons. The van der Waals surface area contributed by atoms with E-state index in [1.54, 1.807) is 0 Å². The Balaban J connectivity index is 1.41. The van der Waals surface area contributed by atoms with Gasteiger partial charge in [0.2, 0.25) is 0 Å². The second-order valence-corrected chi connectivity index (χ2v) is 11.5. The smallest absolute Gasteiger partial charge is 0.0000476 e. The number of rotatable bonds is 0. The standard InChI is InChI=1S/C42H24/c1-7-19-31-25(13-1)26-14-2-8-20-32(26)37(31)40-41(38-33-21-9-3-15-27(33)28-16-4-10-22-34(28)38)42(40)39-35-23-11-5-17-29(35)30-18-6-12-24-36(30)39/h1-24H. The fourth-order valence-electron chi connectivity index (χ4n) is 7.80. The maximum absolute atomic E-state index is 2.31. The van der Waals surface area contributed by atoms with Gasteiger partial charge in [-0.1, -0.05) is 146 Å². The summed E-state index contributed by atoms with van der Waals surface area (Å²) >= 11 is 0. The summed E-state index contributed by atoms with van der Waals surface area (Å²) in [5.74, 6) is 0. The second kappa shape index (κ2) is 8.06. The third kappa shape index (κ3) is 2.77. The summed E-state index contributed by atoms with van der Waals surface area (Å²) < 4.78 is 0. The molecule has 1 fully saturated rings. The monoisotopic (exact) mass is 528 g/mol. The molecular formula is C42H24. The molecule has 0 heterocycles. The summed E-state index contributed by atoms with van der Waals surface area (Å²) in [7, 11) is 0. The molecular weight excluding hydrogens is 504 g/mol. The van der Waals surface area contributed by atoms with Crippen molar-refractivity contribution in [3.05, 3.63) is 196 Å². The third-order valence-corrected chi connectivity index (χ3v) is 9.49. The first-order chi connectivity index (χ1) is 20.9. The Kier molecular flexibility index (Phi) is 4.27.